The summed E-state index contributed by atoms with van der Waals surface area (Å²) >= 11 is 0. The predicted molar refractivity (Wildman–Crippen MR) is 93.1 cm³/mol. The van der Waals surface area contributed by atoms with E-state index in [-0.39, 0.29) is 0 Å². The lowest BCUT2D eigenvalue weighted by Gasteiger charge is -2.31. The number of rotatable bonds is 4. The molecule has 1 aromatic carbocycles. The molecule has 1 heterocycles. The summed E-state index contributed by atoms with van der Waals surface area (Å²) in [5, 5.41) is 35.4. The van der Waals surface area contributed by atoms with Gasteiger partial charge in [0.25, 0.3) is 0 Å². The highest BCUT2D eigenvalue weighted by Gasteiger charge is 2.31. The van der Waals surface area contributed by atoms with Gasteiger partial charge in [0.05, 0.1) is 11.2 Å². The molecule has 0 bridgehead atoms. The highest BCUT2D eigenvalue weighted by Crippen LogP contribution is 2.21. The van der Waals surface area contributed by atoms with Crippen molar-refractivity contribution in [3.8, 4) is 16.9 Å². The van der Waals surface area contributed by atoms with E-state index in [1.54, 1.807) is 52.2 Å². The molecule has 6 nitrogen and oxygen atoms in total. The molecule has 0 saturated carbocycles. The van der Waals surface area contributed by atoms with Crippen molar-refractivity contribution in [2.75, 3.05) is 0 Å². The van der Waals surface area contributed by atoms with Crippen LogP contribution in [-0.2, 0) is 0 Å². The topological polar surface area (TPSA) is 103 Å². The molecule has 0 radical (unpaired) electrons. The van der Waals surface area contributed by atoms with Crippen LogP contribution in [-0.4, -0.2) is 43.8 Å². The van der Waals surface area contributed by atoms with Gasteiger partial charge in [0.2, 0.25) is 0 Å². The van der Waals surface area contributed by atoms with E-state index in [4.69, 9.17) is 24.9 Å². The van der Waals surface area contributed by atoms with Crippen molar-refractivity contribution in [1.82, 2.24) is 4.98 Å². The number of benzene rings is 1. The van der Waals surface area contributed by atoms with Crippen LogP contribution in [0.2, 0.25) is 0 Å². The molecule has 0 aliphatic heterocycles. The van der Waals surface area contributed by atoms with E-state index < -0.39 is 18.5 Å². The van der Waals surface area contributed by atoms with E-state index in [1.807, 2.05) is 24.3 Å². The van der Waals surface area contributed by atoms with Crippen LogP contribution < -0.4 is 4.65 Å². The average Bonchev–Trinajstić information content (AvgIpc) is 2.47. The second kappa shape index (κ2) is 8.26. The lowest BCUT2D eigenvalue weighted by Crippen LogP contribution is -2.44. The van der Waals surface area contributed by atoms with E-state index in [1.165, 1.54) is 0 Å². The smallest absolute Gasteiger partial charge is 0.512 e. The van der Waals surface area contributed by atoms with Crippen LogP contribution in [0.4, 0.5) is 0 Å². The molecule has 0 saturated heterocycles. The molecule has 24 heavy (non-hydrogen) atoms. The molecule has 0 aliphatic rings. The Hall–Kier alpha value is -1.93. The Morgan fingerprint density at radius 2 is 1.42 bits per heavy atom. The first-order valence-electron chi connectivity index (χ1n) is 7.49. The third-order valence-electron chi connectivity index (χ3n) is 3.59. The third-order valence-corrected chi connectivity index (χ3v) is 3.59. The number of aromatic nitrogens is 1. The average molecular weight is 333 g/mol. The second-order valence-corrected chi connectivity index (χ2v) is 6.33. The predicted octanol–water partition coefficient (Wildman–Crippen LogP) is 1.63. The largest absolute Gasteiger partial charge is 0.707 e. The van der Waals surface area contributed by atoms with Crippen molar-refractivity contribution in [3.63, 3.8) is 0 Å². The number of aliphatic hydroxyl groups is 2. The molecule has 1 aromatic heterocycles. The zero-order valence-corrected chi connectivity index (χ0v) is 14.3. The van der Waals surface area contributed by atoms with E-state index in [0.717, 1.165) is 11.1 Å². The summed E-state index contributed by atoms with van der Waals surface area (Å²) in [6.07, 6.45) is 3.47. The van der Waals surface area contributed by atoms with Gasteiger partial charge in [-0.3, -0.25) is 4.98 Å². The van der Waals surface area contributed by atoms with Gasteiger partial charge in [0.1, 0.15) is 5.75 Å². The van der Waals surface area contributed by atoms with Crippen LogP contribution in [0.15, 0.2) is 48.8 Å². The van der Waals surface area contributed by atoms with Gasteiger partial charge in [-0.25, -0.2) is 0 Å². The Morgan fingerprint density at radius 3 is 1.79 bits per heavy atom. The van der Waals surface area contributed by atoms with Crippen LogP contribution in [0.3, 0.4) is 0 Å². The first-order chi connectivity index (χ1) is 11.0. The van der Waals surface area contributed by atoms with E-state index in [9.17, 15) is 0 Å². The van der Waals surface area contributed by atoms with Gasteiger partial charge in [0, 0.05) is 12.4 Å². The maximum Gasteiger partial charge on any atom is 0.707 e. The molecule has 0 fully saturated rings. The molecule has 0 amide bonds. The summed E-state index contributed by atoms with van der Waals surface area (Å²) in [5.41, 5.74) is -0.0218. The number of hydrogen-bond donors (Lipinski definition) is 4. The van der Waals surface area contributed by atoms with Crippen molar-refractivity contribution in [2.24, 2.45) is 0 Å². The van der Waals surface area contributed by atoms with Crippen molar-refractivity contribution < 1.29 is 24.9 Å². The second-order valence-electron chi connectivity index (χ2n) is 6.33. The minimum Gasteiger partial charge on any atom is -0.512 e. The summed E-state index contributed by atoms with van der Waals surface area (Å²) < 4.78 is 4.70. The standard InChI is InChI=1S/C11H10BNO3.C6H14O2/c14-12(15)16-11-5-3-9(4-6-11)10-2-1-7-13-8-10;1-5(2,7)6(3,4)8/h1-8,14-15H;7-8H,1-4H3. The van der Waals surface area contributed by atoms with Crippen LogP contribution >= 0.6 is 0 Å². The van der Waals surface area contributed by atoms with Crippen molar-refractivity contribution in [3.05, 3.63) is 48.8 Å². The van der Waals surface area contributed by atoms with Crippen LogP contribution in [0.5, 0.6) is 5.75 Å². The molecular formula is C17H24BNO5. The Morgan fingerprint density at radius 1 is 0.875 bits per heavy atom. The van der Waals surface area contributed by atoms with Crippen LogP contribution in [0, 0.1) is 0 Å². The van der Waals surface area contributed by atoms with Gasteiger partial charge >= 0.3 is 7.32 Å². The monoisotopic (exact) mass is 333 g/mol. The molecule has 7 heteroatoms. The molecular weight excluding hydrogens is 309 g/mol. The molecule has 0 spiro atoms. The number of nitrogens with zero attached hydrogens (tertiary/aromatic N) is 1. The first kappa shape index (κ1) is 20.1. The Labute approximate surface area is 142 Å². The number of pyridine rings is 1. The summed E-state index contributed by atoms with van der Waals surface area (Å²) in [7, 11) is -1.79. The maximum atomic E-state index is 9.10. The Bertz CT molecular complexity index is 592. The molecule has 4 N–H and O–H groups in total. The fourth-order valence-corrected chi connectivity index (χ4v) is 1.38. The van der Waals surface area contributed by atoms with Crippen molar-refractivity contribution in [2.45, 2.75) is 38.9 Å². The summed E-state index contributed by atoms with van der Waals surface area (Å²) in [6.45, 7) is 6.31. The summed E-state index contributed by atoms with van der Waals surface area (Å²) in [5.74, 6) is 0.405. The van der Waals surface area contributed by atoms with E-state index >= 15 is 0 Å². The van der Waals surface area contributed by atoms with Gasteiger partial charge in [-0.1, -0.05) is 18.2 Å². The molecule has 0 atom stereocenters. The summed E-state index contributed by atoms with van der Waals surface area (Å²) in [4.78, 5) is 4.02. The van der Waals surface area contributed by atoms with Gasteiger partial charge in [-0.2, -0.15) is 0 Å². The molecule has 2 rings (SSSR count). The SMILES string of the molecule is CC(C)(O)C(C)(C)O.OB(O)Oc1ccc(-c2cccnc2)cc1. The Kier molecular flexibility index (Phi) is 6.92. The minimum atomic E-state index is -1.79. The quantitative estimate of drug-likeness (QED) is 0.634. The fourth-order valence-electron chi connectivity index (χ4n) is 1.38. The lowest BCUT2D eigenvalue weighted by molar-refractivity contribution is -0.107. The molecule has 0 unspecified atom stereocenters. The van der Waals surface area contributed by atoms with Gasteiger partial charge < -0.3 is 24.9 Å². The minimum absolute atomic E-state index is 0.405. The maximum absolute atomic E-state index is 9.10. The Balaban J connectivity index is 0.000000307. The summed E-state index contributed by atoms with van der Waals surface area (Å²) in [6, 6.07) is 10.8. The van der Waals surface area contributed by atoms with Crippen LogP contribution in [0.25, 0.3) is 11.1 Å². The van der Waals surface area contributed by atoms with Crippen molar-refractivity contribution in [1.29, 1.82) is 0 Å². The van der Waals surface area contributed by atoms with E-state index in [2.05, 4.69) is 4.98 Å². The molecule has 130 valence electrons. The van der Waals surface area contributed by atoms with Crippen molar-refractivity contribution >= 4 is 7.32 Å². The van der Waals surface area contributed by atoms with Crippen LogP contribution in [0.1, 0.15) is 27.7 Å². The highest BCUT2D eigenvalue weighted by molar-refractivity contribution is 6.33. The van der Waals surface area contributed by atoms with E-state index in [0.29, 0.717) is 5.75 Å². The van der Waals surface area contributed by atoms with Gasteiger partial charge in [-0.05, 0) is 57.0 Å². The number of hydrogen-bond acceptors (Lipinski definition) is 6. The fraction of sp³-hybridized carbons (Fsp3) is 0.353. The molecule has 2 aromatic rings. The van der Waals surface area contributed by atoms with Gasteiger partial charge in [-0.15, -0.1) is 0 Å². The normalized spacial score (nSPS) is 11.3. The lowest BCUT2D eigenvalue weighted by atomic mass is 9.90. The first-order valence-corrected chi connectivity index (χ1v) is 7.49. The molecule has 0 aliphatic carbocycles. The zero-order chi connectivity index (χ0) is 18.4. The zero-order valence-electron chi connectivity index (χ0n) is 14.3. The third kappa shape index (κ3) is 6.68. The highest BCUT2D eigenvalue weighted by atomic mass is 16.6. The van der Waals surface area contributed by atoms with Gasteiger partial charge in [0.15, 0.2) is 0 Å².